The minimum atomic E-state index is -3.01. The lowest BCUT2D eigenvalue weighted by Crippen LogP contribution is -2.45. The fourth-order valence-corrected chi connectivity index (χ4v) is 6.09. The standard InChI is InChI=1S/C25H31F2N5O2S2/c1-12-17(10-19(29-12)25(2,26)27)31-24(35)30-15-7-8-18-16(9-15)20(22(34)28-11-13-3-4-13)23(36-18)32-21(33)14-5-6-14/h10,12-15H,3-9,11H2,1-2H3,(H,28,34)(H,32,33)(H2,30,31,35)/t12?,15-/m0/s1. The maximum absolute atomic E-state index is 13.6. The van der Waals surface area contributed by atoms with E-state index >= 15 is 0 Å². The molecule has 2 atom stereocenters. The smallest absolute Gasteiger partial charge is 0.286 e. The van der Waals surface area contributed by atoms with Crippen molar-refractivity contribution in [3.8, 4) is 0 Å². The molecule has 2 amide bonds. The molecular formula is C25H31F2N5O2S2. The molecule has 2 heterocycles. The van der Waals surface area contributed by atoms with Gasteiger partial charge in [-0.3, -0.25) is 14.6 Å². The number of carbonyl (C=O) groups excluding carboxylic acids is 2. The Morgan fingerprint density at radius 2 is 1.94 bits per heavy atom. The van der Waals surface area contributed by atoms with E-state index in [9.17, 15) is 18.4 Å². The Hall–Kier alpha value is -2.40. The van der Waals surface area contributed by atoms with Crippen LogP contribution in [0, 0.1) is 11.8 Å². The monoisotopic (exact) mass is 535 g/mol. The highest BCUT2D eigenvalue weighted by Gasteiger charge is 2.35. The Labute approximate surface area is 218 Å². The molecule has 2 saturated carbocycles. The van der Waals surface area contributed by atoms with Crippen molar-refractivity contribution >= 4 is 51.2 Å². The van der Waals surface area contributed by atoms with Gasteiger partial charge in [-0.15, -0.1) is 11.3 Å². The number of aryl methyl sites for hydroxylation is 1. The number of nitrogens with zero attached hydrogens (tertiary/aromatic N) is 1. The Bertz CT molecular complexity index is 1150. The second-order valence-corrected chi connectivity index (χ2v) is 11.9. The topological polar surface area (TPSA) is 94.6 Å². The number of hydrogen-bond acceptors (Lipinski definition) is 5. The first kappa shape index (κ1) is 25.3. The number of aliphatic imine (C=N–C) groups is 1. The number of hydrogen-bond donors (Lipinski definition) is 4. The molecule has 1 aromatic rings. The van der Waals surface area contributed by atoms with Crippen LogP contribution in [0.1, 0.15) is 66.8 Å². The summed E-state index contributed by atoms with van der Waals surface area (Å²) >= 11 is 6.98. The number of nitrogens with one attached hydrogen (secondary N) is 4. The van der Waals surface area contributed by atoms with Gasteiger partial charge in [-0.25, -0.2) is 0 Å². The molecule has 7 nitrogen and oxygen atoms in total. The predicted octanol–water partition coefficient (Wildman–Crippen LogP) is 3.94. The molecule has 0 radical (unpaired) electrons. The van der Waals surface area contributed by atoms with Gasteiger partial charge in [0.05, 0.1) is 11.6 Å². The quantitative estimate of drug-likeness (QED) is 0.379. The van der Waals surface area contributed by atoms with Crippen molar-refractivity contribution in [3.63, 3.8) is 0 Å². The summed E-state index contributed by atoms with van der Waals surface area (Å²) in [5, 5.41) is 13.4. The third-order valence-electron chi connectivity index (χ3n) is 7.04. The zero-order valence-electron chi connectivity index (χ0n) is 20.4. The number of amides is 2. The Morgan fingerprint density at radius 3 is 2.58 bits per heavy atom. The average Bonchev–Trinajstić information content (AvgIpc) is 3.72. The first-order valence-electron chi connectivity index (χ1n) is 12.6. The van der Waals surface area contributed by atoms with E-state index in [1.807, 2.05) is 0 Å². The third kappa shape index (κ3) is 5.77. The van der Waals surface area contributed by atoms with Gasteiger partial charge < -0.3 is 21.3 Å². The minimum absolute atomic E-state index is 0.0110. The molecule has 0 spiro atoms. The van der Waals surface area contributed by atoms with Crippen LogP contribution < -0.4 is 21.3 Å². The molecule has 1 aromatic heterocycles. The van der Waals surface area contributed by atoms with E-state index in [2.05, 4.69) is 26.3 Å². The lowest BCUT2D eigenvalue weighted by atomic mass is 9.91. The van der Waals surface area contributed by atoms with Crippen LogP contribution in [-0.2, 0) is 17.6 Å². The first-order valence-corrected chi connectivity index (χ1v) is 13.8. The highest BCUT2D eigenvalue weighted by molar-refractivity contribution is 7.80. The zero-order chi connectivity index (χ0) is 25.6. The summed E-state index contributed by atoms with van der Waals surface area (Å²) in [4.78, 5) is 30.8. The van der Waals surface area contributed by atoms with Gasteiger partial charge >= 0.3 is 0 Å². The SMILES string of the molecule is CC1N=C(C(C)(F)F)C=C1NC(=S)N[C@H]1CCc2sc(NC(=O)C3CC3)c(C(=O)NCC3CC3)c2C1. The molecule has 2 fully saturated rings. The van der Waals surface area contributed by atoms with Crippen molar-refractivity contribution < 1.29 is 18.4 Å². The van der Waals surface area contributed by atoms with E-state index < -0.39 is 12.0 Å². The molecule has 4 N–H and O–H groups in total. The molecule has 5 rings (SSSR count). The molecule has 4 aliphatic rings. The lowest BCUT2D eigenvalue weighted by molar-refractivity contribution is -0.117. The fourth-order valence-electron chi connectivity index (χ4n) is 4.56. The summed E-state index contributed by atoms with van der Waals surface area (Å²) in [5.41, 5.74) is 1.80. The molecule has 36 heavy (non-hydrogen) atoms. The van der Waals surface area contributed by atoms with E-state index in [4.69, 9.17) is 12.2 Å². The van der Waals surface area contributed by atoms with Crippen molar-refractivity contribution in [3.05, 3.63) is 27.8 Å². The van der Waals surface area contributed by atoms with E-state index in [1.54, 1.807) is 6.92 Å². The summed E-state index contributed by atoms with van der Waals surface area (Å²) in [6.45, 7) is 3.22. The largest absolute Gasteiger partial charge is 0.359 e. The van der Waals surface area contributed by atoms with Crippen LogP contribution in [0.2, 0.25) is 0 Å². The fraction of sp³-hybridized carbons (Fsp3) is 0.600. The molecule has 0 bridgehead atoms. The van der Waals surface area contributed by atoms with Gasteiger partial charge in [0.2, 0.25) is 5.91 Å². The van der Waals surface area contributed by atoms with Crippen molar-refractivity contribution in [2.45, 2.75) is 76.8 Å². The Kier molecular flexibility index (Phi) is 6.88. The summed E-state index contributed by atoms with van der Waals surface area (Å²) in [5.74, 6) is -2.55. The molecular weight excluding hydrogens is 504 g/mol. The normalized spacial score (nSPS) is 23.3. The molecule has 0 aromatic carbocycles. The van der Waals surface area contributed by atoms with Crippen LogP contribution in [0.5, 0.6) is 0 Å². The van der Waals surface area contributed by atoms with Gasteiger partial charge in [0.1, 0.15) is 10.7 Å². The molecule has 0 saturated heterocycles. The van der Waals surface area contributed by atoms with Crippen LogP contribution in [-0.4, -0.2) is 47.2 Å². The maximum atomic E-state index is 13.6. The van der Waals surface area contributed by atoms with Crippen LogP contribution in [0.25, 0.3) is 0 Å². The van der Waals surface area contributed by atoms with E-state index in [0.29, 0.717) is 40.3 Å². The van der Waals surface area contributed by atoms with Gasteiger partial charge in [-0.1, -0.05) is 0 Å². The molecule has 194 valence electrons. The lowest BCUT2D eigenvalue weighted by Gasteiger charge is -2.26. The van der Waals surface area contributed by atoms with Gasteiger partial charge in [-0.2, -0.15) is 8.78 Å². The van der Waals surface area contributed by atoms with Crippen molar-refractivity contribution in [1.29, 1.82) is 0 Å². The van der Waals surface area contributed by atoms with Crippen LogP contribution in [0.3, 0.4) is 0 Å². The number of halogens is 2. The van der Waals surface area contributed by atoms with Crippen LogP contribution >= 0.6 is 23.6 Å². The van der Waals surface area contributed by atoms with Crippen molar-refractivity contribution in [2.24, 2.45) is 16.8 Å². The van der Waals surface area contributed by atoms with E-state index in [0.717, 1.165) is 55.9 Å². The van der Waals surface area contributed by atoms with Gasteiger partial charge in [0.25, 0.3) is 11.8 Å². The molecule has 11 heteroatoms. The highest BCUT2D eigenvalue weighted by atomic mass is 32.1. The highest BCUT2D eigenvalue weighted by Crippen LogP contribution is 2.40. The van der Waals surface area contributed by atoms with Crippen molar-refractivity contribution in [2.75, 3.05) is 11.9 Å². The zero-order valence-corrected chi connectivity index (χ0v) is 22.0. The van der Waals surface area contributed by atoms with E-state index in [-0.39, 0.29) is 29.5 Å². The molecule has 1 unspecified atom stereocenters. The number of allylic oxidation sites excluding steroid dienone is 1. The number of fused-ring (bicyclic) bond motifs is 1. The van der Waals surface area contributed by atoms with Gasteiger partial charge in [-0.05, 0) is 81.6 Å². The van der Waals surface area contributed by atoms with E-state index in [1.165, 1.54) is 17.4 Å². The maximum Gasteiger partial charge on any atom is 0.286 e. The average molecular weight is 536 g/mol. The van der Waals surface area contributed by atoms with Crippen LogP contribution in [0.4, 0.5) is 13.8 Å². The molecule has 1 aliphatic heterocycles. The van der Waals surface area contributed by atoms with Gasteiger partial charge in [0.15, 0.2) is 5.11 Å². The van der Waals surface area contributed by atoms with Crippen molar-refractivity contribution in [1.82, 2.24) is 16.0 Å². The van der Waals surface area contributed by atoms with Gasteiger partial charge in [0, 0.05) is 36.0 Å². The number of alkyl halides is 2. The number of anilines is 1. The third-order valence-corrected chi connectivity index (χ3v) is 8.47. The predicted molar refractivity (Wildman–Crippen MR) is 141 cm³/mol. The number of carbonyl (C=O) groups is 2. The minimum Gasteiger partial charge on any atom is -0.359 e. The number of thiophene rings is 1. The second-order valence-electron chi connectivity index (χ2n) is 10.3. The number of rotatable bonds is 8. The summed E-state index contributed by atoms with van der Waals surface area (Å²) in [6, 6.07) is -0.459. The second kappa shape index (κ2) is 9.81. The first-order chi connectivity index (χ1) is 17.1. The Balaban J connectivity index is 1.27. The summed E-state index contributed by atoms with van der Waals surface area (Å²) < 4.78 is 27.3. The summed E-state index contributed by atoms with van der Waals surface area (Å²) in [7, 11) is 0. The summed E-state index contributed by atoms with van der Waals surface area (Å²) in [6.07, 6.45) is 7.58. The Morgan fingerprint density at radius 1 is 1.19 bits per heavy atom. The number of thiocarbonyl (C=S) groups is 1. The molecule has 3 aliphatic carbocycles. The van der Waals surface area contributed by atoms with Crippen LogP contribution in [0.15, 0.2) is 16.8 Å².